The molecule has 0 aliphatic carbocycles. The van der Waals surface area contributed by atoms with E-state index in [1.165, 1.54) is 4.31 Å². The van der Waals surface area contributed by atoms with Crippen molar-refractivity contribution in [3.8, 4) is 5.75 Å². The first-order valence-corrected chi connectivity index (χ1v) is 16.3. The highest BCUT2D eigenvalue weighted by molar-refractivity contribution is 7.92. The number of rotatable bonds is 16. The molecule has 10 heteroatoms. The number of anilines is 1. The topological polar surface area (TPSA) is 96.0 Å². The fraction of sp³-hybridized carbons (Fsp3) is 0.375. The van der Waals surface area contributed by atoms with E-state index in [-0.39, 0.29) is 37.7 Å². The molecule has 0 unspecified atom stereocenters. The van der Waals surface area contributed by atoms with Crippen molar-refractivity contribution < 1.29 is 22.7 Å². The van der Waals surface area contributed by atoms with E-state index in [1.54, 1.807) is 48.4 Å². The van der Waals surface area contributed by atoms with Crippen LogP contribution in [0.5, 0.6) is 5.75 Å². The molecule has 0 saturated carbocycles. The third-order valence-electron chi connectivity index (χ3n) is 6.86. The lowest BCUT2D eigenvalue weighted by molar-refractivity contribution is -0.141. The van der Waals surface area contributed by atoms with Gasteiger partial charge in [-0.05, 0) is 60.4 Å². The summed E-state index contributed by atoms with van der Waals surface area (Å²) in [7, 11) is -2.06. The first-order chi connectivity index (χ1) is 20.1. The third-order valence-corrected chi connectivity index (χ3v) is 8.28. The first kappa shape index (κ1) is 32.9. The number of halogens is 1. The number of hydrogen-bond acceptors (Lipinski definition) is 5. The van der Waals surface area contributed by atoms with Crippen LogP contribution in [0.2, 0.25) is 5.02 Å². The van der Waals surface area contributed by atoms with E-state index in [0.717, 1.165) is 30.2 Å². The summed E-state index contributed by atoms with van der Waals surface area (Å²) >= 11 is 6.25. The maximum Gasteiger partial charge on any atom is 0.243 e. The van der Waals surface area contributed by atoms with Gasteiger partial charge < -0.3 is 15.0 Å². The number of sulfonamides is 1. The van der Waals surface area contributed by atoms with E-state index < -0.39 is 16.1 Å². The van der Waals surface area contributed by atoms with Gasteiger partial charge in [0.25, 0.3) is 0 Å². The summed E-state index contributed by atoms with van der Waals surface area (Å²) < 4.78 is 31.7. The van der Waals surface area contributed by atoms with Crippen LogP contribution in [0, 0.1) is 0 Å². The average molecular weight is 614 g/mol. The summed E-state index contributed by atoms with van der Waals surface area (Å²) in [4.78, 5) is 29.0. The number of carbonyl (C=O) groups excluding carboxylic acids is 2. The van der Waals surface area contributed by atoms with Crippen molar-refractivity contribution in [3.05, 3.63) is 95.0 Å². The predicted molar refractivity (Wildman–Crippen MR) is 168 cm³/mol. The van der Waals surface area contributed by atoms with Crippen LogP contribution in [0.25, 0.3) is 0 Å². The number of nitrogens with one attached hydrogen (secondary N) is 1. The zero-order chi connectivity index (χ0) is 30.5. The quantitative estimate of drug-likeness (QED) is 0.217. The Morgan fingerprint density at radius 1 is 0.952 bits per heavy atom. The molecule has 42 heavy (non-hydrogen) atoms. The second kappa shape index (κ2) is 16.2. The van der Waals surface area contributed by atoms with Crippen molar-refractivity contribution >= 4 is 39.1 Å². The Balaban J connectivity index is 1.86. The molecular formula is C32H40ClN3O5S. The lowest BCUT2D eigenvalue weighted by Gasteiger charge is -2.32. The lowest BCUT2D eigenvalue weighted by Crippen LogP contribution is -2.50. The molecule has 0 spiro atoms. The second-order valence-corrected chi connectivity index (χ2v) is 12.5. The Kier molecular flexibility index (Phi) is 12.7. The molecule has 0 aromatic heterocycles. The van der Waals surface area contributed by atoms with Crippen LogP contribution in [0.3, 0.4) is 0 Å². The average Bonchev–Trinajstić information content (AvgIpc) is 2.97. The van der Waals surface area contributed by atoms with E-state index >= 15 is 0 Å². The Morgan fingerprint density at radius 3 is 2.26 bits per heavy atom. The Bertz CT molecular complexity index is 1400. The van der Waals surface area contributed by atoms with Gasteiger partial charge in [0.15, 0.2) is 0 Å². The van der Waals surface area contributed by atoms with Crippen LogP contribution in [0.4, 0.5) is 5.69 Å². The molecule has 0 aliphatic rings. The summed E-state index contributed by atoms with van der Waals surface area (Å²) in [5, 5.41) is 3.54. The van der Waals surface area contributed by atoms with Crippen LogP contribution in [0.15, 0.2) is 78.9 Å². The number of benzene rings is 3. The fourth-order valence-electron chi connectivity index (χ4n) is 4.64. The predicted octanol–water partition coefficient (Wildman–Crippen LogP) is 5.45. The maximum absolute atomic E-state index is 13.9. The minimum Gasteiger partial charge on any atom is -0.497 e. The zero-order valence-electron chi connectivity index (χ0n) is 24.5. The summed E-state index contributed by atoms with van der Waals surface area (Å²) in [6.07, 6.45) is 3.56. The van der Waals surface area contributed by atoms with Crippen molar-refractivity contribution in [2.24, 2.45) is 0 Å². The smallest absolute Gasteiger partial charge is 0.243 e. The molecule has 226 valence electrons. The van der Waals surface area contributed by atoms with Gasteiger partial charge in [-0.1, -0.05) is 67.4 Å². The molecule has 0 radical (unpaired) electrons. The zero-order valence-corrected chi connectivity index (χ0v) is 26.0. The first-order valence-electron chi connectivity index (χ1n) is 14.1. The number of hydrogen-bond donors (Lipinski definition) is 1. The second-order valence-electron chi connectivity index (χ2n) is 10.1. The third kappa shape index (κ3) is 10.1. The van der Waals surface area contributed by atoms with Crippen molar-refractivity contribution in [2.45, 2.75) is 51.6 Å². The van der Waals surface area contributed by atoms with Gasteiger partial charge in [0.1, 0.15) is 11.8 Å². The Hall–Kier alpha value is -3.56. The number of carbonyl (C=O) groups is 2. The molecule has 0 bridgehead atoms. The van der Waals surface area contributed by atoms with Gasteiger partial charge in [-0.3, -0.25) is 13.9 Å². The van der Waals surface area contributed by atoms with Crippen molar-refractivity contribution in [2.75, 3.05) is 30.8 Å². The van der Waals surface area contributed by atoms with Crippen LogP contribution >= 0.6 is 11.6 Å². The van der Waals surface area contributed by atoms with E-state index in [4.69, 9.17) is 16.3 Å². The van der Waals surface area contributed by atoms with Crippen molar-refractivity contribution in [3.63, 3.8) is 0 Å². The van der Waals surface area contributed by atoms with Gasteiger partial charge in [0.05, 0.1) is 19.1 Å². The molecule has 0 saturated heterocycles. The Labute approximate surface area is 254 Å². The fourth-order valence-corrected chi connectivity index (χ4v) is 5.82. The molecule has 2 amide bonds. The monoisotopic (exact) mass is 613 g/mol. The molecule has 8 nitrogen and oxygen atoms in total. The maximum atomic E-state index is 13.9. The molecule has 0 heterocycles. The van der Waals surface area contributed by atoms with Crippen molar-refractivity contribution in [1.29, 1.82) is 0 Å². The van der Waals surface area contributed by atoms with Crippen LogP contribution < -0.4 is 14.4 Å². The number of amides is 2. The standard InChI is InChI=1S/C32H40ClN3O5S/c1-4-5-20-34-32(38)30(23-25-11-7-6-8-12-25)35(24-26-13-9-14-27(33)22-26)31(37)15-10-21-36(42(3,39)40)28-16-18-29(41-2)19-17-28/h6-9,11-14,16-19,22,30H,4-5,10,15,20-21,23-24H2,1-3H3,(H,34,38)/t30-/m0/s1. The van der Waals surface area contributed by atoms with E-state index in [9.17, 15) is 18.0 Å². The normalized spacial score (nSPS) is 11.9. The lowest BCUT2D eigenvalue weighted by atomic mass is 10.0. The molecule has 1 atom stereocenters. The summed E-state index contributed by atoms with van der Waals surface area (Å²) in [5.41, 5.74) is 2.21. The SMILES string of the molecule is CCCCNC(=O)[C@H](Cc1ccccc1)N(Cc1cccc(Cl)c1)C(=O)CCCN(c1ccc(OC)cc1)S(C)(=O)=O. The molecule has 0 fully saturated rings. The highest BCUT2D eigenvalue weighted by Gasteiger charge is 2.30. The van der Waals surface area contributed by atoms with Crippen LogP contribution in [0.1, 0.15) is 43.7 Å². The van der Waals surface area contributed by atoms with Crippen LogP contribution in [-0.2, 0) is 32.6 Å². The van der Waals surface area contributed by atoms with E-state index in [2.05, 4.69) is 5.32 Å². The molecule has 3 rings (SSSR count). The number of methoxy groups -OCH3 is 1. The molecular weight excluding hydrogens is 574 g/mol. The number of nitrogens with zero attached hydrogens (tertiary/aromatic N) is 2. The largest absolute Gasteiger partial charge is 0.497 e. The van der Waals surface area contributed by atoms with E-state index in [0.29, 0.717) is 29.4 Å². The number of ether oxygens (including phenoxy) is 1. The molecule has 1 N–H and O–H groups in total. The molecule has 3 aromatic carbocycles. The van der Waals surface area contributed by atoms with Gasteiger partial charge in [-0.2, -0.15) is 0 Å². The Morgan fingerprint density at radius 2 is 1.64 bits per heavy atom. The van der Waals surface area contributed by atoms with Gasteiger partial charge in [0, 0.05) is 37.5 Å². The van der Waals surface area contributed by atoms with Gasteiger partial charge in [-0.25, -0.2) is 8.42 Å². The minimum absolute atomic E-state index is 0.0519. The summed E-state index contributed by atoms with van der Waals surface area (Å²) in [5.74, 6) is 0.143. The summed E-state index contributed by atoms with van der Waals surface area (Å²) in [6, 6.07) is 22.8. The van der Waals surface area contributed by atoms with Crippen LogP contribution in [-0.4, -0.2) is 57.6 Å². The minimum atomic E-state index is -3.60. The number of unbranched alkanes of at least 4 members (excludes halogenated alkanes) is 1. The van der Waals surface area contributed by atoms with Crippen molar-refractivity contribution in [1.82, 2.24) is 10.2 Å². The van der Waals surface area contributed by atoms with Gasteiger partial charge in [-0.15, -0.1) is 0 Å². The van der Waals surface area contributed by atoms with Gasteiger partial charge in [0.2, 0.25) is 21.8 Å². The highest BCUT2D eigenvalue weighted by atomic mass is 35.5. The molecule has 3 aromatic rings. The van der Waals surface area contributed by atoms with E-state index in [1.807, 2.05) is 49.4 Å². The van der Waals surface area contributed by atoms with Gasteiger partial charge >= 0.3 is 0 Å². The highest BCUT2D eigenvalue weighted by Crippen LogP contribution is 2.23. The molecule has 0 aliphatic heterocycles. The summed E-state index contributed by atoms with van der Waals surface area (Å²) in [6.45, 7) is 2.86.